The summed E-state index contributed by atoms with van der Waals surface area (Å²) in [5, 5.41) is 11.8. The van der Waals surface area contributed by atoms with Crippen molar-refractivity contribution in [2.24, 2.45) is 5.90 Å². The zero-order valence-corrected chi connectivity index (χ0v) is 8.87. The van der Waals surface area contributed by atoms with E-state index in [2.05, 4.69) is 33.7 Å². The highest BCUT2D eigenvalue weighted by molar-refractivity contribution is 7.80. The molecular weight excluding hydrogens is 208 g/mol. The normalized spacial score (nSPS) is 14.9. The molecule has 0 aliphatic carbocycles. The number of aliphatic hydroxyl groups is 1. The largest absolute Gasteiger partial charge is 0.391 e. The highest BCUT2D eigenvalue weighted by Gasteiger charge is 2.17. The van der Waals surface area contributed by atoms with Crippen LogP contribution in [-0.4, -0.2) is 35.5 Å². The van der Waals surface area contributed by atoms with Gasteiger partial charge in [-0.15, -0.1) is 4.99 Å². The van der Waals surface area contributed by atoms with Gasteiger partial charge in [-0.25, -0.2) is 4.89 Å². The van der Waals surface area contributed by atoms with Gasteiger partial charge in [0.05, 0.1) is 12.1 Å². The number of nitrogens with one attached hydrogen (secondary N) is 1. The number of aliphatic hydroxyl groups excluding tert-OH is 1. The Hall–Kier alpha value is -0.340. The number of hydrogen-bond acceptors (Lipinski definition) is 6. The molecule has 0 saturated heterocycles. The van der Waals surface area contributed by atoms with Gasteiger partial charge in [0.2, 0.25) is 5.91 Å². The van der Waals surface area contributed by atoms with Gasteiger partial charge >= 0.3 is 0 Å². The highest BCUT2D eigenvalue weighted by Crippen LogP contribution is 1.95. The van der Waals surface area contributed by atoms with Gasteiger partial charge in [-0.05, 0) is 12.7 Å². The zero-order chi connectivity index (χ0) is 11.0. The summed E-state index contributed by atoms with van der Waals surface area (Å²) in [6.45, 7) is 1.53. The molecule has 14 heavy (non-hydrogen) atoms. The van der Waals surface area contributed by atoms with Gasteiger partial charge in [-0.2, -0.15) is 18.5 Å². The molecule has 0 spiro atoms. The van der Waals surface area contributed by atoms with Crippen LogP contribution in [0.2, 0.25) is 0 Å². The number of amides is 1. The molecule has 4 N–H and O–H groups in total. The van der Waals surface area contributed by atoms with Gasteiger partial charge in [0.1, 0.15) is 6.61 Å². The van der Waals surface area contributed by atoms with Crippen LogP contribution >= 0.6 is 12.6 Å². The Morgan fingerprint density at radius 1 is 1.71 bits per heavy atom. The van der Waals surface area contributed by atoms with Crippen molar-refractivity contribution >= 4 is 18.5 Å². The van der Waals surface area contributed by atoms with E-state index >= 15 is 0 Å². The summed E-state index contributed by atoms with van der Waals surface area (Å²) >= 11 is 3.91. The van der Waals surface area contributed by atoms with Crippen LogP contribution in [0.1, 0.15) is 13.3 Å². The molecule has 0 rings (SSSR count). The smallest absolute Gasteiger partial charge is 0.221 e. The lowest BCUT2D eigenvalue weighted by Crippen LogP contribution is -2.45. The van der Waals surface area contributed by atoms with Crippen LogP contribution in [-0.2, 0) is 14.7 Å². The second kappa shape index (κ2) is 8.01. The summed E-state index contributed by atoms with van der Waals surface area (Å²) in [5.41, 5.74) is 0. The molecular formula is C7H16N2O4S. The van der Waals surface area contributed by atoms with Crippen LogP contribution in [0.3, 0.4) is 0 Å². The van der Waals surface area contributed by atoms with Crippen LogP contribution in [0.25, 0.3) is 0 Å². The van der Waals surface area contributed by atoms with Crippen molar-refractivity contribution in [3.63, 3.8) is 0 Å². The van der Waals surface area contributed by atoms with E-state index in [1.54, 1.807) is 0 Å². The van der Waals surface area contributed by atoms with Crippen molar-refractivity contribution in [3.8, 4) is 0 Å². The lowest BCUT2D eigenvalue weighted by atomic mass is 10.2. The predicted octanol–water partition coefficient (Wildman–Crippen LogP) is -1.01. The Morgan fingerprint density at radius 2 is 2.36 bits per heavy atom. The van der Waals surface area contributed by atoms with Gasteiger partial charge in [0, 0.05) is 6.42 Å². The van der Waals surface area contributed by atoms with E-state index < -0.39 is 12.1 Å². The molecule has 6 nitrogen and oxygen atoms in total. The first-order valence-electron chi connectivity index (χ1n) is 4.18. The molecule has 0 aromatic carbocycles. The van der Waals surface area contributed by atoms with Crippen LogP contribution in [0.4, 0.5) is 0 Å². The second-order valence-corrected chi connectivity index (χ2v) is 3.22. The minimum Gasteiger partial charge on any atom is -0.391 e. The minimum absolute atomic E-state index is 0.00746. The van der Waals surface area contributed by atoms with Crippen molar-refractivity contribution in [2.75, 3.05) is 12.4 Å². The van der Waals surface area contributed by atoms with Crippen LogP contribution in [0.15, 0.2) is 0 Å². The van der Waals surface area contributed by atoms with Gasteiger partial charge in [-0.3, -0.25) is 4.79 Å². The maximum Gasteiger partial charge on any atom is 0.221 e. The van der Waals surface area contributed by atoms with E-state index in [1.807, 2.05) is 0 Å². The first kappa shape index (κ1) is 13.7. The fourth-order valence-corrected chi connectivity index (χ4v) is 0.998. The monoisotopic (exact) mass is 224 g/mol. The molecule has 0 aromatic heterocycles. The zero-order valence-electron chi connectivity index (χ0n) is 7.97. The summed E-state index contributed by atoms with van der Waals surface area (Å²) in [5.74, 6) is 4.89. The Kier molecular flexibility index (Phi) is 7.81. The molecule has 0 radical (unpaired) electrons. The highest BCUT2D eigenvalue weighted by atomic mass is 32.1. The van der Waals surface area contributed by atoms with E-state index in [9.17, 15) is 9.90 Å². The van der Waals surface area contributed by atoms with Gasteiger partial charge in [0.25, 0.3) is 0 Å². The fourth-order valence-electron chi connectivity index (χ4n) is 0.795. The van der Waals surface area contributed by atoms with Crippen molar-refractivity contribution in [1.29, 1.82) is 0 Å². The number of hydrogen-bond donors (Lipinski definition) is 4. The number of rotatable bonds is 7. The van der Waals surface area contributed by atoms with E-state index in [0.29, 0.717) is 5.75 Å². The molecule has 0 aliphatic rings. The van der Waals surface area contributed by atoms with E-state index in [4.69, 9.17) is 0 Å². The summed E-state index contributed by atoms with van der Waals surface area (Å²) in [4.78, 5) is 19.4. The summed E-state index contributed by atoms with van der Waals surface area (Å²) in [6, 6.07) is -0.536. The molecule has 0 aliphatic heterocycles. The minimum atomic E-state index is -0.742. The molecule has 0 fully saturated rings. The van der Waals surface area contributed by atoms with Crippen LogP contribution in [0.5, 0.6) is 0 Å². The molecule has 7 heteroatoms. The maximum atomic E-state index is 11.1. The topological polar surface area (TPSA) is 93.8 Å². The fraction of sp³-hybridized carbons (Fsp3) is 0.857. The lowest BCUT2D eigenvalue weighted by molar-refractivity contribution is -0.304. The van der Waals surface area contributed by atoms with E-state index in [1.165, 1.54) is 6.92 Å². The van der Waals surface area contributed by atoms with Crippen LogP contribution < -0.4 is 11.2 Å². The SMILES string of the molecule is C[C@@H](O)[C@@H](COON)NC(=O)CCS. The Bertz CT molecular complexity index is 168. The molecule has 84 valence electrons. The first-order valence-corrected chi connectivity index (χ1v) is 4.81. The second-order valence-electron chi connectivity index (χ2n) is 2.77. The Morgan fingerprint density at radius 3 is 2.79 bits per heavy atom. The first-order chi connectivity index (χ1) is 6.61. The predicted molar refractivity (Wildman–Crippen MR) is 53.3 cm³/mol. The summed E-state index contributed by atoms with van der Waals surface area (Å²) < 4.78 is 0. The molecule has 0 bridgehead atoms. The number of thiol groups is 1. The Labute approximate surface area is 88.0 Å². The van der Waals surface area contributed by atoms with E-state index in [-0.39, 0.29) is 18.9 Å². The quantitative estimate of drug-likeness (QED) is 0.253. The maximum absolute atomic E-state index is 11.1. The van der Waals surface area contributed by atoms with Crippen molar-refractivity contribution in [3.05, 3.63) is 0 Å². The molecule has 0 saturated carbocycles. The van der Waals surface area contributed by atoms with Crippen molar-refractivity contribution in [2.45, 2.75) is 25.5 Å². The molecule has 1 amide bonds. The van der Waals surface area contributed by atoms with Crippen molar-refractivity contribution < 1.29 is 19.8 Å². The number of carbonyl (C=O) groups is 1. The average molecular weight is 224 g/mol. The number of nitrogens with two attached hydrogens (primary N) is 1. The third-order valence-electron chi connectivity index (χ3n) is 1.58. The van der Waals surface area contributed by atoms with Gasteiger partial charge in [0.15, 0.2) is 0 Å². The van der Waals surface area contributed by atoms with Gasteiger partial charge < -0.3 is 10.4 Å². The standard InChI is InChI=1S/C7H16N2O4S/c1-5(10)6(4-12-13-8)9-7(11)2-3-14/h5-6,10,14H,2-4,8H2,1H3,(H,9,11)/t5-,6-/m1/s1. The molecule has 0 heterocycles. The number of carbonyl (C=O) groups excluding carboxylic acids is 1. The van der Waals surface area contributed by atoms with Crippen LogP contribution in [0, 0.1) is 0 Å². The molecule has 2 atom stereocenters. The van der Waals surface area contributed by atoms with E-state index in [0.717, 1.165) is 0 Å². The molecule has 0 unspecified atom stereocenters. The third kappa shape index (κ3) is 6.17. The molecule has 0 aromatic rings. The summed E-state index contributed by atoms with van der Waals surface area (Å²) in [7, 11) is 0. The Balaban J connectivity index is 3.89. The average Bonchev–Trinajstić information content (AvgIpc) is 2.12. The van der Waals surface area contributed by atoms with Gasteiger partial charge in [-0.1, -0.05) is 0 Å². The summed E-state index contributed by atoms with van der Waals surface area (Å²) in [6.07, 6.45) is -0.454. The third-order valence-corrected chi connectivity index (χ3v) is 1.81. The lowest BCUT2D eigenvalue weighted by Gasteiger charge is -2.19. The van der Waals surface area contributed by atoms with Crippen molar-refractivity contribution in [1.82, 2.24) is 5.32 Å².